The average Bonchev–Trinajstić information content (AvgIpc) is 2.41. The third kappa shape index (κ3) is 3.56. The predicted octanol–water partition coefficient (Wildman–Crippen LogP) is 1.95. The quantitative estimate of drug-likeness (QED) is 0.643. The molecule has 1 aromatic heterocycles. The third-order valence-electron chi connectivity index (χ3n) is 3.23. The number of nitro groups is 1. The van der Waals surface area contributed by atoms with E-state index >= 15 is 0 Å². The zero-order chi connectivity index (χ0) is 14.5. The zero-order valence-corrected chi connectivity index (χ0v) is 10.7. The predicted molar refractivity (Wildman–Crippen MR) is 68.7 cm³/mol. The highest BCUT2D eigenvalue weighted by atomic mass is 16.6. The topological polar surface area (TPSA) is 115 Å². The van der Waals surface area contributed by atoms with Gasteiger partial charge in [-0.2, -0.15) is 0 Å². The standard InChI is InChI=1S/C12H15N3O5/c16-12(17)14-8-3-5-9(6-4-8)20-11-10(15(18)19)2-1-7-13-11/h1-2,7-9,14H,3-6H2,(H,16,17). The molecule has 0 spiro atoms. The van der Waals surface area contributed by atoms with Gasteiger partial charge in [0.05, 0.1) is 4.92 Å². The van der Waals surface area contributed by atoms with Crippen molar-refractivity contribution in [1.82, 2.24) is 10.3 Å². The Morgan fingerprint density at radius 1 is 1.45 bits per heavy atom. The molecule has 1 aromatic rings. The van der Waals surface area contributed by atoms with Crippen molar-refractivity contribution >= 4 is 11.8 Å². The van der Waals surface area contributed by atoms with Gasteiger partial charge in [0.15, 0.2) is 0 Å². The first-order chi connectivity index (χ1) is 9.56. The Morgan fingerprint density at radius 3 is 2.75 bits per heavy atom. The van der Waals surface area contributed by atoms with Gasteiger partial charge in [0.2, 0.25) is 0 Å². The van der Waals surface area contributed by atoms with Gasteiger partial charge in [-0.1, -0.05) is 0 Å². The molecule has 0 aromatic carbocycles. The van der Waals surface area contributed by atoms with Crippen LogP contribution in [0.4, 0.5) is 10.5 Å². The fourth-order valence-electron chi connectivity index (χ4n) is 2.27. The third-order valence-corrected chi connectivity index (χ3v) is 3.23. The van der Waals surface area contributed by atoms with Crippen LogP contribution in [0.5, 0.6) is 5.88 Å². The summed E-state index contributed by atoms with van der Waals surface area (Å²) >= 11 is 0. The number of hydrogen-bond acceptors (Lipinski definition) is 5. The Kier molecular flexibility index (Phi) is 4.34. The summed E-state index contributed by atoms with van der Waals surface area (Å²) in [5.41, 5.74) is -0.154. The molecule has 0 bridgehead atoms. The van der Waals surface area contributed by atoms with E-state index in [-0.39, 0.29) is 23.7 Å². The highest BCUT2D eigenvalue weighted by molar-refractivity contribution is 5.64. The molecule has 2 N–H and O–H groups in total. The lowest BCUT2D eigenvalue weighted by Crippen LogP contribution is -2.39. The minimum absolute atomic E-state index is 0.0205. The number of nitrogens with zero attached hydrogens (tertiary/aromatic N) is 2. The van der Waals surface area contributed by atoms with Crippen molar-refractivity contribution in [3.8, 4) is 5.88 Å². The van der Waals surface area contributed by atoms with Gasteiger partial charge in [-0.25, -0.2) is 9.78 Å². The molecule has 2 rings (SSSR count). The van der Waals surface area contributed by atoms with E-state index in [9.17, 15) is 14.9 Å². The number of pyridine rings is 1. The Morgan fingerprint density at radius 2 is 2.15 bits per heavy atom. The number of hydrogen-bond donors (Lipinski definition) is 2. The second kappa shape index (κ2) is 6.18. The summed E-state index contributed by atoms with van der Waals surface area (Å²) in [6, 6.07) is 2.75. The first-order valence-corrected chi connectivity index (χ1v) is 6.32. The van der Waals surface area contributed by atoms with E-state index in [1.807, 2.05) is 0 Å². The van der Waals surface area contributed by atoms with Gasteiger partial charge in [0, 0.05) is 18.3 Å². The summed E-state index contributed by atoms with van der Waals surface area (Å²) in [4.78, 5) is 24.7. The number of nitrogens with one attached hydrogen (secondary N) is 1. The lowest BCUT2D eigenvalue weighted by Gasteiger charge is -2.28. The van der Waals surface area contributed by atoms with E-state index in [1.165, 1.54) is 18.3 Å². The molecule has 0 aliphatic heterocycles. The maximum absolute atomic E-state index is 10.8. The van der Waals surface area contributed by atoms with E-state index in [1.54, 1.807) is 0 Å². The summed E-state index contributed by atoms with van der Waals surface area (Å²) in [6.07, 6.45) is 2.82. The van der Waals surface area contributed by atoms with Crippen LogP contribution in [0.1, 0.15) is 25.7 Å². The largest absolute Gasteiger partial charge is 0.469 e. The van der Waals surface area contributed by atoms with Crippen molar-refractivity contribution in [3.05, 3.63) is 28.4 Å². The maximum Gasteiger partial charge on any atom is 0.404 e. The molecule has 1 amide bonds. The van der Waals surface area contributed by atoms with Crippen LogP contribution >= 0.6 is 0 Å². The highest BCUT2D eigenvalue weighted by Gasteiger charge is 2.26. The number of carbonyl (C=O) groups is 1. The van der Waals surface area contributed by atoms with Crippen molar-refractivity contribution in [2.75, 3.05) is 0 Å². The zero-order valence-electron chi connectivity index (χ0n) is 10.7. The van der Waals surface area contributed by atoms with Gasteiger partial charge >= 0.3 is 11.8 Å². The summed E-state index contributed by atoms with van der Waals surface area (Å²) in [7, 11) is 0. The van der Waals surface area contributed by atoms with Crippen LogP contribution in [0.3, 0.4) is 0 Å². The van der Waals surface area contributed by atoms with E-state index in [2.05, 4.69) is 10.3 Å². The average molecular weight is 281 g/mol. The second-order valence-corrected chi connectivity index (χ2v) is 4.63. The van der Waals surface area contributed by atoms with Crippen molar-refractivity contribution < 1.29 is 19.6 Å². The Labute approximate surface area is 114 Å². The first kappa shape index (κ1) is 14.0. The van der Waals surface area contributed by atoms with Gasteiger partial charge in [-0.15, -0.1) is 0 Å². The molecule has 1 heterocycles. The molecular formula is C12H15N3O5. The fraction of sp³-hybridized carbons (Fsp3) is 0.500. The summed E-state index contributed by atoms with van der Waals surface area (Å²) < 4.78 is 5.57. The van der Waals surface area contributed by atoms with E-state index in [0.29, 0.717) is 25.7 Å². The molecule has 108 valence electrons. The number of rotatable bonds is 4. The molecule has 0 atom stereocenters. The molecule has 1 saturated carbocycles. The van der Waals surface area contributed by atoms with Crippen LogP contribution in [0.15, 0.2) is 18.3 Å². The van der Waals surface area contributed by atoms with Gasteiger partial charge in [0.1, 0.15) is 6.10 Å². The number of ether oxygens (including phenoxy) is 1. The molecule has 1 aliphatic rings. The number of amides is 1. The molecule has 8 heteroatoms. The monoisotopic (exact) mass is 281 g/mol. The molecule has 20 heavy (non-hydrogen) atoms. The van der Waals surface area contributed by atoms with Gasteiger partial charge in [0.25, 0.3) is 5.88 Å². The highest BCUT2D eigenvalue weighted by Crippen LogP contribution is 2.28. The van der Waals surface area contributed by atoms with Crippen LogP contribution in [0.2, 0.25) is 0 Å². The SMILES string of the molecule is O=C(O)NC1CCC(Oc2ncccc2[N+](=O)[O-])CC1. The molecular weight excluding hydrogens is 266 g/mol. The smallest absolute Gasteiger partial charge is 0.404 e. The summed E-state index contributed by atoms with van der Waals surface area (Å²) in [6.45, 7) is 0. The molecule has 0 radical (unpaired) electrons. The minimum Gasteiger partial charge on any atom is -0.469 e. The minimum atomic E-state index is -1.03. The van der Waals surface area contributed by atoms with Crippen LogP contribution in [-0.4, -0.2) is 33.3 Å². The molecule has 8 nitrogen and oxygen atoms in total. The second-order valence-electron chi connectivity index (χ2n) is 4.63. The summed E-state index contributed by atoms with van der Waals surface area (Å²) in [5.74, 6) is 0.0205. The summed E-state index contributed by atoms with van der Waals surface area (Å²) in [5, 5.41) is 21.9. The van der Waals surface area contributed by atoms with Crippen LogP contribution < -0.4 is 10.1 Å². The lowest BCUT2D eigenvalue weighted by atomic mass is 9.93. The normalized spacial score (nSPS) is 22.0. The van der Waals surface area contributed by atoms with Crippen LogP contribution in [0.25, 0.3) is 0 Å². The van der Waals surface area contributed by atoms with E-state index in [4.69, 9.17) is 9.84 Å². The first-order valence-electron chi connectivity index (χ1n) is 6.32. The molecule has 0 saturated heterocycles. The van der Waals surface area contributed by atoms with Crippen molar-refractivity contribution in [1.29, 1.82) is 0 Å². The van der Waals surface area contributed by atoms with Crippen LogP contribution in [0, 0.1) is 10.1 Å². The maximum atomic E-state index is 10.8. The number of carboxylic acid groups (broad SMARTS) is 1. The molecule has 0 unspecified atom stereocenters. The lowest BCUT2D eigenvalue weighted by molar-refractivity contribution is -0.386. The fourth-order valence-corrected chi connectivity index (χ4v) is 2.27. The van der Waals surface area contributed by atoms with E-state index in [0.717, 1.165) is 0 Å². The van der Waals surface area contributed by atoms with Crippen molar-refractivity contribution in [3.63, 3.8) is 0 Å². The Bertz CT molecular complexity index is 500. The van der Waals surface area contributed by atoms with Crippen molar-refractivity contribution in [2.45, 2.75) is 37.8 Å². The number of aromatic nitrogens is 1. The van der Waals surface area contributed by atoms with E-state index < -0.39 is 11.0 Å². The van der Waals surface area contributed by atoms with Gasteiger partial charge < -0.3 is 15.2 Å². The Hall–Kier alpha value is -2.38. The molecule has 1 aliphatic carbocycles. The van der Waals surface area contributed by atoms with Crippen LogP contribution in [-0.2, 0) is 0 Å². The van der Waals surface area contributed by atoms with Gasteiger partial charge in [-0.05, 0) is 31.7 Å². The molecule has 1 fully saturated rings. The Balaban J connectivity index is 1.93. The van der Waals surface area contributed by atoms with Gasteiger partial charge in [-0.3, -0.25) is 10.1 Å². The van der Waals surface area contributed by atoms with Crippen molar-refractivity contribution in [2.24, 2.45) is 0 Å².